The molecule has 1 saturated heterocycles. The van der Waals surface area contributed by atoms with E-state index in [1.54, 1.807) is 15.7 Å². The molecular weight excluding hydrogens is 374 g/mol. The molecule has 1 fully saturated rings. The molecule has 3 amide bonds. The lowest BCUT2D eigenvalue weighted by molar-refractivity contribution is -0.137. The average molecular weight is 405 g/mol. The summed E-state index contributed by atoms with van der Waals surface area (Å²) in [6.45, 7) is 9.95. The van der Waals surface area contributed by atoms with E-state index in [1.807, 2.05) is 32.6 Å². The maximum absolute atomic E-state index is 12.9. The summed E-state index contributed by atoms with van der Waals surface area (Å²) in [6, 6.07) is -0.763. The molecule has 9 nitrogen and oxygen atoms in total. The number of fused-ring (bicyclic) bond motifs is 1. The lowest BCUT2D eigenvalue weighted by Crippen LogP contribution is -2.55. The highest BCUT2D eigenvalue weighted by atomic mass is 16.4. The molecule has 2 aliphatic heterocycles. The molecule has 0 unspecified atom stereocenters. The van der Waals surface area contributed by atoms with Crippen LogP contribution in [0.3, 0.4) is 0 Å². The third kappa shape index (κ3) is 4.54. The van der Waals surface area contributed by atoms with Gasteiger partial charge in [-0.25, -0.2) is 14.6 Å². The maximum Gasteiger partial charge on any atom is 0.405 e. The first kappa shape index (κ1) is 21.1. The Morgan fingerprint density at radius 2 is 1.97 bits per heavy atom. The molecule has 0 bridgehead atoms. The van der Waals surface area contributed by atoms with Crippen LogP contribution in [0.4, 0.5) is 9.59 Å². The lowest BCUT2D eigenvalue weighted by Gasteiger charge is -2.38. The third-order valence-corrected chi connectivity index (χ3v) is 5.94. The Kier molecular flexibility index (Phi) is 5.86. The van der Waals surface area contributed by atoms with Gasteiger partial charge in [-0.2, -0.15) is 0 Å². The number of piperidine rings is 1. The first-order valence-electron chi connectivity index (χ1n) is 10.2. The Balaban J connectivity index is 1.49. The molecule has 0 radical (unpaired) electrons. The van der Waals surface area contributed by atoms with Gasteiger partial charge in [-0.05, 0) is 37.5 Å². The van der Waals surface area contributed by atoms with Gasteiger partial charge >= 0.3 is 12.1 Å². The van der Waals surface area contributed by atoms with Gasteiger partial charge in [-0.3, -0.25) is 9.36 Å². The van der Waals surface area contributed by atoms with E-state index in [0.717, 1.165) is 30.8 Å². The predicted octanol–water partition coefficient (Wildman–Crippen LogP) is 2.29. The molecule has 0 aromatic carbocycles. The molecule has 1 aromatic rings. The molecule has 3 heterocycles. The highest BCUT2D eigenvalue weighted by Crippen LogP contribution is 2.27. The van der Waals surface area contributed by atoms with E-state index >= 15 is 0 Å². The smallest absolute Gasteiger partial charge is 0.405 e. The average Bonchev–Trinajstić information content (AvgIpc) is 3.17. The van der Waals surface area contributed by atoms with E-state index in [-0.39, 0.29) is 11.9 Å². The van der Waals surface area contributed by atoms with Crippen molar-refractivity contribution >= 4 is 18.0 Å². The molecule has 29 heavy (non-hydrogen) atoms. The second kappa shape index (κ2) is 8.04. The van der Waals surface area contributed by atoms with E-state index < -0.39 is 17.6 Å². The highest BCUT2D eigenvalue weighted by molar-refractivity contribution is 5.86. The summed E-state index contributed by atoms with van der Waals surface area (Å²) in [7, 11) is 0. The van der Waals surface area contributed by atoms with Gasteiger partial charge in [0.05, 0.1) is 18.4 Å². The molecule has 0 spiro atoms. The number of carbonyl (C=O) groups excluding carboxylic acids is 2. The molecular formula is C20H31N5O4. The van der Waals surface area contributed by atoms with Crippen molar-refractivity contribution in [2.45, 2.75) is 59.5 Å². The SMILES string of the molecule is Cc1ncc2n1C(=O)N(CCC1CCN(C(=O)[C@H](NC(=O)O)C(C)(C)C)CC1)C2. The first-order chi connectivity index (χ1) is 13.6. The Morgan fingerprint density at radius 1 is 1.31 bits per heavy atom. The minimum atomic E-state index is -1.18. The summed E-state index contributed by atoms with van der Waals surface area (Å²) >= 11 is 0. The summed E-state index contributed by atoms with van der Waals surface area (Å²) in [4.78, 5) is 44.3. The van der Waals surface area contributed by atoms with E-state index in [4.69, 9.17) is 5.11 Å². The van der Waals surface area contributed by atoms with Crippen LogP contribution in [-0.2, 0) is 11.3 Å². The largest absolute Gasteiger partial charge is 0.465 e. The molecule has 1 aromatic heterocycles. The number of hydrogen-bond donors (Lipinski definition) is 2. The Bertz CT molecular complexity index is 789. The van der Waals surface area contributed by atoms with Crippen LogP contribution in [-0.4, -0.2) is 68.2 Å². The highest BCUT2D eigenvalue weighted by Gasteiger charge is 2.37. The van der Waals surface area contributed by atoms with Crippen molar-refractivity contribution in [3.8, 4) is 0 Å². The molecule has 0 saturated carbocycles. The van der Waals surface area contributed by atoms with Crippen LogP contribution in [0.15, 0.2) is 6.20 Å². The zero-order valence-electron chi connectivity index (χ0n) is 17.6. The first-order valence-corrected chi connectivity index (χ1v) is 10.2. The Labute approximate surface area is 171 Å². The zero-order valence-corrected chi connectivity index (χ0v) is 17.6. The number of likely N-dealkylation sites (tertiary alicyclic amines) is 1. The second-order valence-corrected chi connectivity index (χ2v) is 9.14. The van der Waals surface area contributed by atoms with E-state index in [1.165, 1.54) is 0 Å². The Hall–Kier alpha value is -2.58. The summed E-state index contributed by atoms with van der Waals surface area (Å²) in [6.07, 6.45) is 3.21. The van der Waals surface area contributed by atoms with Gasteiger partial charge in [-0.15, -0.1) is 0 Å². The van der Waals surface area contributed by atoms with Crippen LogP contribution >= 0.6 is 0 Å². The number of amides is 3. The molecule has 9 heteroatoms. The fraction of sp³-hybridized carbons (Fsp3) is 0.700. The minimum absolute atomic E-state index is 0.00428. The number of carbonyl (C=O) groups is 3. The van der Waals surface area contributed by atoms with Gasteiger partial charge in [0.1, 0.15) is 11.9 Å². The van der Waals surface area contributed by atoms with Gasteiger partial charge in [0.15, 0.2) is 0 Å². The van der Waals surface area contributed by atoms with Gasteiger partial charge in [0.2, 0.25) is 5.91 Å². The van der Waals surface area contributed by atoms with Crippen molar-refractivity contribution in [2.24, 2.45) is 11.3 Å². The molecule has 160 valence electrons. The molecule has 2 aliphatic rings. The van der Waals surface area contributed by atoms with Gasteiger partial charge in [-0.1, -0.05) is 20.8 Å². The van der Waals surface area contributed by atoms with Crippen LogP contribution in [0.2, 0.25) is 0 Å². The van der Waals surface area contributed by atoms with E-state index in [2.05, 4.69) is 10.3 Å². The third-order valence-electron chi connectivity index (χ3n) is 5.94. The standard InChI is InChI=1S/C20H31N5O4/c1-13-21-11-15-12-24(19(29)25(13)15)10-7-14-5-8-23(9-6-14)17(26)16(20(2,3)4)22-18(27)28/h11,14,16,22H,5-10,12H2,1-4H3,(H,27,28)/t16-/m0/s1. The summed E-state index contributed by atoms with van der Waals surface area (Å²) in [5, 5.41) is 11.5. The number of hydrogen-bond acceptors (Lipinski definition) is 4. The van der Waals surface area contributed by atoms with Gasteiger partial charge in [0.25, 0.3) is 0 Å². The zero-order chi connectivity index (χ0) is 21.3. The van der Waals surface area contributed by atoms with E-state index in [0.29, 0.717) is 32.1 Å². The van der Waals surface area contributed by atoms with Crippen molar-refractivity contribution < 1.29 is 19.5 Å². The number of carboxylic acid groups (broad SMARTS) is 1. The number of rotatable bonds is 5. The maximum atomic E-state index is 12.9. The van der Waals surface area contributed by atoms with Gasteiger partial charge < -0.3 is 20.2 Å². The van der Waals surface area contributed by atoms with Crippen LogP contribution in [0.5, 0.6) is 0 Å². The molecule has 2 N–H and O–H groups in total. The fourth-order valence-corrected chi connectivity index (χ4v) is 4.18. The number of aromatic nitrogens is 2. The van der Waals surface area contributed by atoms with Crippen molar-refractivity contribution in [1.29, 1.82) is 0 Å². The lowest BCUT2D eigenvalue weighted by atomic mass is 9.85. The van der Waals surface area contributed by atoms with Crippen LogP contribution < -0.4 is 5.32 Å². The monoisotopic (exact) mass is 405 g/mol. The molecule has 1 atom stereocenters. The molecule has 0 aliphatic carbocycles. The van der Waals surface area contributed by atoms with Crippen molar-refractivity contribution in [2.75, 3.05) is 19.6 Å². The number of nitrogens with zero attached hydrogens (tertiary/aromatic N) is 4. The second-order valence-electron chi connectivity index (χ2n) is 9.14. The molecule has 3 rings (SSSR count). The minimum Gasteiger partial charge on any atom is -0.465 e. The summed E-state index contributed by atoms with van der Waals surface area (Å²) in [5.74, 6) is 1.02. The summed E-state index contributed by atoms with van der Waals surface area (Å²) in [5.41, 5.74) is 0.443. The summed E-state index contributed by atoms with van der Waals surface area (Å²) < 4.78 is 1.67. The van der Waals surface area contributed by atoms with Crippen LogP contribution in [0.1, 0.15) is 51.6 Å². The topological polar surface area (TPSA) is 108 Å². The van der Waals surface area contributed by atoms with Crippen molar-refractivity contribution in [3.63, 3.8) is 0 Å². The normalized spacial score (nSPS) is 18.7. The number of nitrogens with one attached hydrogen (secondary N) is 1. The predicted molar refractivity (Wildman–Crippen MR) is 106 cm³/mol. The van der Waals surface area contributed by atoms with Crippen LogP contribution in [0, 0.1) is 18.3 Å². The van der Waals surface area contributed by atoms with E-state index in [9.17, 15) is 14.4 Å². The number of aryl methyl sites for hydroxylation is 1. The Morgan fingerprint density at radius 3 is 2.52 bits per heavy atom. The fourth-order valence-electron chi connectivity index (χ4n) is 4.18. The van der Waals surface area contributed by atoms with Crippen molar-refractivity contribution in [1.82, 2.24) is 24.7 Å². The van der Waals surface area contributed by atoms with Crippen LogP contribution in [0.25, 0.3) is 0 Å². The van der Waals surface area contributed by atoms with Crippen molar-refractivity contribution in [3.05, 3.63) is 17.7 Å². The quantitative estimate of drug-likeness (QED) is 0.781. The number of imidazole rings is 1. The van der Waals surface area contributed by atoms with Gasteiger partial charge in [0, 0.05) is 19.6 Å².